The third-order valence-electron chi connectivity index (χ3n) is 3.69. The zero-order valence-corrected chi connectivity index (χ0v) is 19.9. The van der Waals surface area contributed by atoms with Crippen molar-refractivity contribution in [2.24, 2.45) is 10.8 Å². The summed E-state index contributed by atoms with van der Waals surface area (Å²) in [5.41, 5.74) is 0.574. The molecular weight excluding hydrogens is 448 g/mol. The number of hydrogen-bond donors (Lipinski definition) is 0. The standard InChI is InChI=1S/C12H15BrO2.C12H14O3/c2*1-12(2,3)11(14)15-10-6-4-5-9(7-10)8-13/h4-7H,8H2,1-3H3;4-8H,1-3H3. The van der Waals surface area contributed by atoms with E-state index in [0.29, 0.717) is 23.3 Å². The van der Waals surface area contributed by atoms with Crippen LogP contribution < -0.4 is 9.47 Å². The molecule has 162 valence electrons. The Morgan fingerprint density at radius 1 is 0.833 bits per heavy atom. The number of benzene rings is 2. The number of carbonyl (C=O) groups is 3. The SMILES string of the molecule is CC(C)(C)C(=O)Oc1cccc(C=O)c1.CC(C)(C)C(=O)Oc1cccc(CBr)c1. The van der Waals surface area contributed by atoms with Gasteiger partial charge in [-0.3, -0.25) is 14.4 Å². The van der Waals surface area contributed by atoms with Crippen LogP contribution in [0.2, 0.25) is 0 Å². The second-order valence-electron chi connectivity index (χ2n) is 8.75. The molecule has 0 aliphatic heterocycles. The van der Waals surface area contributed by atoms with Crippen LogP contribution in [0, 0.1) is 10.8 Å². The molecule has 0 aromatic heterocycles. The van der Waals surface area contributed by atoms with Gasteiger partial charge in [0.1, 0.15) is 17.8 Å². The van der Waals surface area contributed by atoms with Gasteiger partial charge in [-0.05, 0) is 71.4 Å². The molecule has 0 spiro atoms. The van der Waals surface area contributed by atoms with Crippen LogP contribution in [-0.4, -0.2) is 18.2 Å². The number of carbonyl (C=O) groups excluding carboxylic acids is 3. The van der Waals surface area contributed by atoms with Crippen molar-refractivity contribution >= 4 is 34.2 Å². The van der Waals surface area contributed by atoms with Gasteiger partial charge in [-0.15, -0.1) is 0 Å². The fourth-order valence-corrected chi connectivity index (χ4v) is 2.21. The van der Waals surface area contributed by atoms with Crippen LogP contribution in [0.15, 0.2) is 48.5 Å². The van der Waals surface area contributed by atoms with Crippen LogP contribution in [0.25, 0.3) is 0 Å². The molecule has 5 nitrogen and oxygen atoms in total. The summed E-state index contributed by atoms with van der Waals surface area (Å²) in [6.45, 7) is 10.8. The van der Waals surface area contributed by atoms with Crippen LogP contribution >= 0.6 is 15.9 Å². The fraction of sp³-hybridized carbons (Fsp3) is 0.375. The minimum Gasteiger partial charge on any atom is -0.426 e. The Balaban J connectivity index is 0.000000300. The minimum absolute atomic E-state index is 0.214. The topological polar surface area (TPSA) is 69.7 Å². The van der Waals surface area contributed by atoms with E-state index in [2.05, 4.69) is 15.9 Å². The molecular formula is C24H29BrO5. The molecule has 30 heavy (non-hydrogen) atoms. The second-order valence-corrected chi connectivity index (χ2v) is 9.31. The average Bonchev–Trinajstić information content (AvgIpc) is 2.67. The summed E-state index contributed by atoms with van der Waals surface area (Å²) in [4.78, 5) is 33.6. The van der Waals surface area contributed by atoms with Gasteiger partial charge in [-0.2, -0.15) is 0 Å². The summed E-state index contributed by atoms with van der Waals surface area (Å²) in [7, 11) is 0. The second kappa shape index (κ2) is 11.1. The first kappa shape index (κ1) is 25.6. The highest BCUT2D eigenvalue weighted by molar-refractivity contribution is 9.08. The maximum absolute atomic E-state index is 11.6. The van der Waals surface area contributed by atoms with Gasteiger partial charge in [0.25, 0.3) is 0 Å². The number of aldehydes is 1. The van der Waals surface area contributed by atoms with Crippen molar-refractivity contribution in [2.75, 3.05) is 0 Å². The third kappa shape index (κ3) is 8.91. The van der Waals surface area contributed by atoms with E-state index in [1.54, 1.807) is 45.0 Å². The minimum atomic E-state index is -0.544. The van der Waals surface area contributed by atoms with Crippen molar-refractivity contribution in [3.05, 3.63) is 59.7 Å². The Hall–Kier alpha value is -2.47. The van der Waals surface area contributed by atoms with Crippen molar-refractivity contribution in [3.8, 4) is 11.5 Å². The molecule has 2 aromatic rings. The van der Waals surface area contributed by atoms with Crippen LogP contribution in [0.4, 0.5) is 0 Å². The quantitative estimate of drug-likeness (QED) is 0.234. The predicted molar refractivity (Wildman–Crippen MR) is 121 cm³/mol. The summed E-state index contributed by atoms with van der Waals surface area (Å²) >= 11 is 3.36. The third-order valence-corrected chi connectivity index (χ3v) is 4.34. The molecule has 0 radical (unpaired) electrons. The Bertz CT molecular complexity index is 876. The Labute approximate surface area is 186 Å². The molecule has 6 heteroatoms. The highest BCUT2D eigenvalue weighted by atomic mass is 79.9. The molecule has 2 rings (SSSR count). The molecule has 0 fully saturated rings. The Morgan fingerprint density at radius 2 is 1.30 bits per heavy atom. The van der Waals surface area contributed by atoms with E-state index < -0.39 is 10.8 Å². The number of ether oxygens (including phenoxy) is 2. The summed E-state index contributed by atoms with van der Waals surface area (Å²) in [5, 5.41) is 0.758. The number of hydrogen-bond acceptors (Lipinski definition) is 5. The van der Waals surface area contributed by atoms with E-state index in [4.69, 9.17) is 9.47 Å². The lowest BCUT2D eigenvalue weighted by Crippen LogP contribution is -2.25. The molecule has 0 aliphatic carbocycles. The maximum atomic E-state index is 11.6. The van der Waals surface area contributed by atoms with Gasteiger partial charge in [-0.1, -0.05) is 40.2 Å². The summed E-state index contributed by atoms with van der Waals surface area (Å²) in [6, 6.07) is 14.0. The van der Waals surface area contributed by atoms with Crippen molar-refractivity contribution in [1.82, 2.24) is 0 Å². The first-order valence-electron chi connectivity index (χ1n) is 9.51. The number of alkyl halides is 1. The predicted octanol–water partition coefficient (Wildman–Crippen LogP) is 5.98. The van der Waals surface area contributed by atoms with E-state index >= 15 is 0 Å². The molecule has 2 aromatic carbocycles. The summed E-state index contributed by atoms with van der Waals surface area (Å²) < 4.78 is 10.4. The molecule has 0 atom stereocenters. The normalized spacial score (nSPS) is 11.0. The molecule has 0 saturated carbocycles. The summed E-state index contributed by atoms with van der Waals surface area (Å²) in [5.74, 6) is 0.478. The van der Waals surface area contributed by atoms with Crippen LogP contribution in [0.3, 0.4) is 0 Å². The Kier molecular flexibility index (Phi) is 9.43. The van der Waals surface area contributed by atoms with Gasteiger partial charge in [0.15, 0.2) is 0 Å². The molecule has 0 heterocycles. The van der Waals surface area contributed by atoms with Crippen molar-refractivity contribution in [3.63, 3.8) is 0 Å². The van der Waals surface area contributed by atoms with Crippen LogP contribution in [0.5, 0.6) is 11.5 Å². The molecule has 0 bridgehead atoms. The van der Waals surface area contributed by atoms with Crippen LogP contribution in [0.1, 0.15) is 57.5 Å². The van der Waals surface area contributed by atoms with Gasteiger partial charge >= 0.3 is 11.9 Å². The molecule has 0 aliphatic rings. The lowest BCUT2D eigenvalue weighted by Gasteiger charge is -2.16. The number of halogens is 1. The highest BCUT2D eigenvalue weighted by Gasteiger charge is 2.24. The monoisotopic (exact) mass is 476 g/mol. The molecule has 0 unspecified atom stereocenters. The zero-order chi connectivity index (χ0) is 22.9. The highest BCUT2D eigenvalue weighted by Crippen LogP contribution is 2.21. The van der Waals surface area contributed by atoms with Gasteiger partial charge in [0.05, 0.1) is 10.8 Å². The zero-order valence-electron chi connectivity index (χ0n) is 18.3. The van der Waals surface area contributed by atoms with Gasteiger partial charge in [0, 0.05) is 10.9 Å². The van der Waals surface area contributed by atoms with Gasteiger partial charge < -0.3 is 9.47 Å². The van der Waals surface area contributed by atoms with Crippen molar-refractivity contribution in [1.29, 1.82) is 0 Å². The van der Waals surface area contributed by atoms with Gasteiger partial charge in [0.2, 0.25) is 0 Å². The van der Waals surface area contributed by atoms with Crippen molar-refractivity contribution < 1.29 is 23.9 Å². The Morgan fingerprint density at radius 3 is 1.73 bits per heavy atom. The van der Waals surface area contributed by atoms with E-state index in [0.717, 1.165) is 10.9 Å². The fourth-order valence-electron chi connectivity index (χ4n) is 1.86. The van der Waals surface area contributed by atoms with Crippen LogP contribution in [-0.2, 0) is 14.9 Å². The first-order valence-corrected chi connectivity index (χ1v) is 10.6. The van der Waals surface area contributed by atoms with E-state index in [1.165, 1.54) is 6.07 Å². The lowest BCUT2D eigenvalue weighted by atomic mass is 9.97. The smallest absolute Gasteiger partial charge is 0.316 e. The summed E-state index contributed by atoms with van der Waals surface area (Å²) in [6.07, 6.45) is 0.717. The van der Waals surface area contributed by atoms with E-state index in [1.807, 2.05) is 39.0 Å². The van der Waals surface area contributed by atoms with Gasteiger partial charge in [-0.25, -0.2) is 0 Å². The first-order chi connectivity index (χ1) is 13.9. The van der Waals surface area contributed by atoms with Crippen molar-refractivity contribution in [2.45, 2.75) is 46.9 Å². The largest absolute Gasteiger partial charge is 0.426 e. The van der Waals surface area contributed by atoms with E-state index in [9.17, 15) is 14.4 Å². The molecule has 0 amide bonds. The molecule has 0 saturated heterocycles. The molecule has 0 N–H and O–H groups in total. The maximum Gasteiger partial charge on any atom is 0.316 e. The average molecular weight is 477 g/mol. The number of rotatable bonds is 4. The van der Waals surface area contributed by atoms with E-state index in [-0.39, 0.29) is 11.9 Å². The lowest BCUT2D eigenvalue weighted by molar-refractivity contribution is -0.143. The number of esters is 2.